The molecule has 0 unspecified atom stereocenters. The molecule has 2 aromatic rings. The molecular weight excluding hydrogens is 498 g/mol. The lowest BCUT2D eigenvalue weighted by atomic mass is 9.74. The van der Waals surface area contributed by atoms with E-state index in [0.29, 0.717) is 54.0 Å². The third-order valence-electron chi connectivity index (χ3n) is 6.13. The number of methoxy groups -OCH3 is 3. The zero-order valence-electron chi connectivity index (χ0n) is 21.6. The first kappa shape index (κ1) is 28.4. The molecule has 0 spiro atoms. The Labute approximate surface area is 219 Å². The van der Waals surface area contributed by atoms with Crippen LogP contribution >= 0.6 is 0 Å². The van der Waals surface area contributed by atoms with Gasteiger partial charge < -0.3 is 34.3 Å². The van der Waals surface area contributed by atoms with Gasteiger partial charge in [-0.3, -0.25) is 4.99 Å². The molecule has 3 N–H and O–H groups in total. The molecule has 12 heteroatoms. The van der Waals surface area contributed by atoms with Crippen molar-refractivity contribution in [2.75, 3.05) is 27.9 Å². The highest BCUT2D eigenvalue weighted by Crippen LogP contribution is 2.45. The number of carboxylic acid groups (broad SMARTS) is 2. The highest BCUT2D eigenvalue weighted by Gasteiger charge is 2.38. The summed E-state index contributed by atoms with van der Waals surface area (Å²) in [4.78, 5) is 24.2. The van der Waals surface area contributed by atoms with Gasteiger partial charge in [-0.15, -0.1) is 10.2 Å². The number of carbonyl (C=O) groups is 2. The summed E-state index contributed by atoms with van der Waals surface area (Å²) in [5.74, 6) is -0.320. The molecule has 204 valence electrons. The highest BCUT2D eigenvalue weighted by molar-refractivity contribution is 6.16. The fraction of sp³-hybridized carbons (Fsp3) is 0.423. The largest absolute Gasteiger partial charge is 0.493 e. The minimum atomic E-state index is -1.26. The lowest BCUT2D eigenvalue weighted by Gasteiger charge is -2.37. The van der Waals surface area contributed by atoms with E-state index in [9.17, 15) is 14.7 Å². The summed E-state index contributed by atoms with van der Waals surface area (Å²) >= 11 is 0. The number of aromatic nitrogens is 2. The maximum atomic E-state index is 10.3. The second kappa shape index (κ2) is 12.9. The van der Waals surface area contributed by atoms with Crippen LogP contribution in [0.2, 0.25) is 0 Å². The van der Waals surface area contributed by atoms with Crippen molar-refractivity contribution in [2.24, 2.45) is 4.99 Å². The summed E-state index contributed by atoms with van der Waals surface area (Å²) in [5.41, 5.74) is 3.47. The van der Waals surface area contributed by atoms with Crippen LogP contribution in [0.1, 0.15) is 48.8 Å². The second-order valence-corrected chi connectivity index (χ2v) is 8.46. The molecule has 0 saturated heterocycles. The van der Waals surface area contributed by atoms with Crippen molar-refractivity contribution in [1.29, 1.82) is 0 Å². The fourth-order valence-electron chi connectivity index (χ4n) is 4.51. The molecule has 2 aliphatic rings. The normalized spacial score (nSPS) is 19.7. The molecule has 1 aromatic heterocycles. The SMILES string of the molecule is CCOc1cc2c(cc1OC)C(c1cc(OC)nnc1OC)=N[C@@H]1CC[C@@H](O)C[C@H]21.O=C(O)/C=C\C(=O)O. The first-order chi connectivity index (χ1) is 18.2. The summed E-state index contributed by atoms with van der Waals surface area (Å²) in [6.45, 7) is 2.48. The van der Waals surface area contributed by atoms with Crippen molar-refractivity contribution in [3.8, 4) is 23.3 Å². The Morgan fingerprint density at radius 1 is 0.947 bits per heavy atom. The Balaban J connectivity index is 0.000000436. The van der Waals surface area contributed by atoms with Gasteiger partial charge in [0.05, 0.1) is 51.4 Å². The average molecular weight is 530 g/mol. The predicted molar refractivity (Wildman–Crippen MR) is 136 cm³/mol. The highest BCUT2D eigenvalue weighted by atomic mass is 16.5. The average Bonchev–Trinajstić information content (AvgIpc) is 2.91. The van der Waals surface area contributed by atoms with Gasteiger partial charge in [0.25, 0.3) is 0 Å². The number of aliphatic hydroxyl groups is 1. The van der Waals surface area contributed by atoms with E-state index in [1.807, 2.05) is 19.1 Å². The van der Waals surface area contributed by atoms with E-state index in [1.54, 1.807) is 27.4 Å². The predicted octanol–water partition coefficient (Wildman–Crippen LogP) is 2.46. The topological polar surface area (TPSA) is 170 Å². The number of benzene rings is 1. The van der Waals surface area contributed by atoms with E-state index in [1.165, 1.54) is 0 Å². The Morgan fingerprint density at radius 2 is 1.66 bits per heavy atom. The van der Waals surface area contributed by atoms with Crippen LogP contribution in [0, 0.1) is 0 Å². The molecule has 2 heterocycles. The third-order valence-corrected chi connectivity index (χ3v) is 6.13. The number of hydrogen-bond donors (Lipinski definition) is 3. The number of aliphatic carboxylic acids is 2. The molecule has 4 rings (SSSR count). The molecule has 1 aromatic carbocycles. The van der Waals surface area contributed by atoms with Crippen LogP contribution in [0.5, 0.6) is 23.3 Å². The number of hydrogen-bond acceptors (Lipinski definition) is 10. The van der Waals surface area contributed by atoms with Crippen molar-refractivity contribution in [1.82, 2.24) is 10.2 Å². The minimum Gasteiger partial charge on any atom is -0.493 e. The van der Waals surface area contributed by atoms with Gasteiger partial charge in [-0.25, -0.2) is 9.59 Å². The summed E-state index contributed by atoms with van der Waals surface area (Å²) in [6.07, 6.45) is 3.00. The maximum Gasteiger partial charge on any atom is 0.328 e. The summed E-state index contributed by atoms with van der Waals surface area (Å²) in [5, 5.41) is 34.1. The van der Waals surface area contributed by atoms with Crippen LogP contribution in [0.3, 0.4) is 0 Å². The molecule has 0 radical (unpaired) electrons. The van der Waals surface area contributed by atoms with Gasteiger partial charge in [-0.1, -0.05) is 0 Å². The lowest BCUT2D eigenvalue weighted by Crippen LogP contribution is -2.34. The first-order valence-corrected chi connectivity index (χ1v) is 11.9. The number of aliphatic hydroxyl groups excluding tert-OH is 1. The van der Waals surface area contributed by atoms with Gasteiger partial charge >= 0.3 is 11.9 Å². The van der Waals surface area contributed by atoms with Crippen molar-refractivity contribution >= 4 is 17.7 Å². The number of nitrogens with zero attached hydrogens (tertiary/aromatic N) is 3. The van der Waals surface area contributed by atoms with Crippen molar-refractivity contribution < 1.29 is 43.9 Å². The van der Waals surface area contributed by atoms with Crippen molar-refractivity contribution in [3.05, 3.63) is 47.0 Å². The molecular formula is C26H31N3O9. The maximum absolute atomic E-state index is 10.3. The third kappa shape index (κ3) is 6.57. The van der Waals surface area contributed by atoms with Crippen molar-refractivity contribution in [3.63, 3.8) is 0 Å². The summed E-state index contributed by atoms with van der Waals surface area (Å²) in [7, 11) is 4.73. The Bertz CT molecular complexity index is 1210. The van der Waals surface area contributed by atoms with Crippen LogP contribution in [0.4, 0.5) is 0 Å². The zero-order chi connectivity index (χ0) is 27.8. The molecule has 12 nitrogen and oxygen atoms in total. The molecule has 3 atom stereocenters. The molecule has 1 saturated carbocycles. The second-order valence-electron chi connectivity index (χ2n) is 8.46. The van der Waals surface area contributed by atoms with E-state index in [0.717, 1.165) is 29.7 Å². The van der Waals surface area contributed by atoms with Crippen molar-refractivity contribution in [2.45, 2.75) is 44.2 Å². The number of aliphatic imine (C=N–C) groups is 1. The number of carboxylic acids is 2. The van der Waals surface area contributed by atoms with Gasteiger partial charge in [-0.2, -0.15) is 0 Å². The van der Waals surface area contributed by atoms with Gasteiger partial charge in [0.2, 0.25) is 11.8 Å². The van der Waals surface area contributed by atoms with Crippen LogP contribution in [-0.2, 0) is 9.59 Å². The standard InChI is InChI=1S/C22H27N3O5.C4H4O4/c1-5-30-19-9-13-14-8-12(26)6-7-17(14)23-21(15(13)10-18(19)27-2)16-11-20(28-3)24-25-22(16)29-4;5-3(6)1-2-4(7)8/h9-12,14,17,26H,5-8H2,1-4H3;1-2H,(H,5,6)(H,7,8)/b;2-1-/t12-,14-,17-;/m1./s1. The van der Waals surface area contributed by atoms with E-state index in [2.05, 4.69) is 10.2 Å². The summed E-state index contributed by atoms with van der Waals surface area (Å²) < 4.78 is 22.2. The number of ether oxygens (including phenoxy) is 4. The van der Waals surface area contributed by atoms with Crippen LogP contribution in [0.25, 0.3) is 0 Å². The lowest BCUT2D eigenvalue weighted by molar-refractivity contribution is -0.134. The van der Waals surface area contributed by atoms with Gasteiger partial charge in [-0.05, 0) is 43.9 Å². The smallest absolute Gasteiger partial charge is 0.328 e. The van der Waals surface area contributed by atoms with Gasteiger partial charge in [0, 0.05) is 29.7 Å². The zero-order valence-corrected chi connectivity index (χ0v) is 21.6. The molecule has 1 fully saturated rings. The quantitative estimate of drug-likeness (QED) is 0.429. The van der Waals surface area contributed by atoms with Crippen LogP contribution in [-0.4, -0.2) is 83.2 Å². The Hall–Kier alpha value is -4.19. The number of rotatable bonds is 8. The van der Waals surface area contributed by atoms with E-state index in [4.69, 9.17) is 34.2 Å². The number of fused-ring (bicyclic) bond motifs is 3. The van der Waals surface area contributed by atoms with Crippen LogP contribution < -0.4 is 18.9 Å². The Kier molecular flexibility index (Phi) is 9.61. The molecule has 0 amide bonds. The minimum absolute atomic E-state index is 0.0580. The van der Waals surface area contributed by atoms with Gasteiger partial charge in [0.1, 0.15) is 0 Å². The van der Waals surface area contributed by atoms with Crippen LogP contribution in [0.15, 0.2) is 35.3 Å². The van der Waals surface area contributed by atoms with Gasteiger partial charge in [0.15, 0.2) is 11.5 Å². The summed E-state index contributed by atoms with van der Waals surface area (Å²) in [6, 6.07) is 5.82. The van der Waals surface area contributed by atoms with E-state index >= 15 is 0 Å². The molecule has 38 heavy (non-hydrogen) atoms. The molecule has 0 bridgehead atoms. The van der Waals surface area contributed by atoms with E-state index in [-0.39, 0.29) is 18.1 Å². The molecule has 1 aliphatic carbocycles. The van der Waals surface area contributed by atoms with E-state index < -0.39 is 11.9 Å². The molecule has 1 aliphatic heterocycles. The fourth-order valence-corrected chi connectivity index (χ4v) is 4.51. The monoisotopic (exact) mass is 529 g/mol. The first-order valence-electron chi connectivity index (χ1n) is 11.9. The Morgan fingerprint density at radius 3 is 2.24 bits per heavy atom.